The third-order valence-corrected chi connectivity index (χ3v) is 3.26. The summed E-state index contributed by atoms with van der Waals surface area (Å²) >= 11 is 5.73. The van der Waals surface area contributed by atoms with Gasteiger partial charge < -0.3 is 9.64 Å². The average molecular weight is 256 g/mol. The molecular formula is C13H18ClNO2. The smallest absolute Gasteiger partial charge is 0.227 e. The maximum absolute atomic E-state index is 12.0. The largest absolute Gasteiger partial charge is 0.496 e. The Kier molecular flexibility index (Phi) is 5.29. The van der Waals surface area contributed by atoms with Crippen LogP contribution in [-0.4, -0.2) is 36.9 Å². The molecule has 1 rings (SSSR count). The van der Waals surface area contributed by atoms with Crippen molar-refractivity contribution in [2.45, 2.75) is 19.4 Å². The van der Waals surface area contributed by atoms with Gasteiger partial charge in [0.1, 0.15) is 5.75 Å². The minimum atomic E-state index is 0.0406. The molecule has 94 valence electrons. The molecule has 0 aliphatic rings. The molecule has 0 N–H and O–H groups in total. The summed E-state index contributed by atoms with van der Waals surface area (Å²) in [4.78, 5) is 13.7. The van der Waals surface area contributed by atoms with E-state index in [4.69, 9.17) is 16.3 Å². The molecule has 1 aromatic rings. The SMILES string of the molecule is COc1ccccc1CC(=O)N(C)C(C)CCl. The summed E-state index contributed by atoms with van der Waals surface area (Å²) < 4.78 is 5.22. The lowest BCUT2D eigenvalue weighted by molar-refractivity contribution is -0.130. The van der Waals surface area contributed by atoms with Crippen LogP contribution in [0.4, 0.5) is 0 Å². The van der Waals surface area contributed by atoms with E-state index in [9.17, 15) is 4.79 Å². The molecule has 0 spiro atoms. The number of rotatable bonds is 5. The van der Waals surface area contributed by atoms with Gasteiger partial charge in [0.05, 0.1) is 13.5 Å². The number of amides is 1. The molecule has 0 saturated carbocycles. The van der Waals surface area contributed by atoms with Crippen molar-refractivity contribution in [2.75, 3.05) is 20.0 Å². The fraction of sp³-hybridized carbons (Fsp3) is 0.462. The average Bonchev–Trinajstić information content (AvgIpc) is 2.37. The van der Waals surface area contributed by atoms with Gasteiger partial charge in [0.15, 0.2) is 0 Å². The second-order valence-corrected chi connectivity index (χ2v) is 4.31. The first-order chi connectivity index (χ1) is 8.10. The number of carbonyl (C=O) groups excluding carboxylic acids is 1. The molecule has 0 aliphatic carbocycles. The maximum Gasteiger partial charge on any atom is 0.227 e. The second kappa shape index (κ2) is 6.50. The Balaban J connectivity index is 2.74. The van der Waals surface area contributed by atoms with Gasteiger partial charge in [0, 0.05) is 24.5 Å². The Hall–Kier alpha value is -1.22. The fourth-order valence-electron chi connectivity index (χ4n) is 1.49. The Morgan fingerprint density at radius 1 is 1.47 bits per heavy atom. The van der Waals surface area contributed by atoms with Crippen molar-refractivity contribution in [2.24, 2.45) is 0 Å². The summed E-state index contributed by atoms with van der Waals surface area (Å²) in [5.74, 6) is 1.23. The van der Waals surface area contributed by atoms with E-state index < -0.39 is 0 Å². The number of hydrogen-bond donors (Lipinski definition) is 0. The first-order valence-electron chi connectivity index (χ1n) is 5.53. The summed E-state index contributed by atoms with van der Waals surface area (Å²) in [7, 11) is 3.37. The Labute approximate surface area is 107 Å². The topological polar surface area (TPSA) is 29.5 Å². The van der Waals surface area contributed by atoms with Gasteiger partial charge in [0.25, 0.3) is 0 Å². The number of alkyl halides is 1. The molecule has 0 saturated heterocycles. The van der Waals surface area contributed by atoms with E-state index >= 15 is 0 Å². The van der Waals surface area contributed by atoms with Gasteiger partial charge in [-0.1, -0.05) is 18.2 Å². The van der Waals surface area contributed by atoms with Crippen LogP contribution in [0.5, 0.6) is 5.75 Å². The van der Waals surface area contributed by atoms with E-state index in [0.29, 0.717) is 12.3 Å². The van der Waals surface area contributed by atoms with Crippen LogP contribution in [0.3, 0.4) is 0 Å². The monoisotopic (exact) mass is 255 g/mol. The molecule has 0 aliphatic heterocycles. The molecule has 17 heavy (non-hydrogen) atoms. The van der Waals surface area contributed by atoms with E-state index in [2.05, 4.69) is 0 Å². The zero-order valence-electron chi connectivity index (χ0n) is 10.4. The summed E-state index contributed by atoms with van der Waals surface area (Å²) in [6, 6.07) is 7.58. The Morgan fingerprint density at radius 3 is 2.71 bits per heavy atom. The Bertz CT molecular complexity index is 381. The summed E-state index contributed by atoms with van der Waals surface area (Å²) in [6.45, 7) is 1.92. The fourth-order valence-corrected chi connectivity index (χ4v) is 1.69. The number of ether oxygens (including phenoxy) is 1. The van der Waals surface area contributed by atoms with E-state index in [1.165, 1.54) is 0 Å². The number of benzene rings is 1. The third-order valence-electron chi connectivity index (χ3n) is 2.81. The molecular weight excluding hydrogens is 238 g/mol. The van der Waals surface area contributed by atoms with Crippen molar-refractivity contribution < 1.29 is 9.53 Å². The number of carbonyl (C=O) groups is 1. The minimum Gasteiger partial charge on any atom is -0.496 e. The third kappa shape index (κ3) is 3.63. The summed E-state index contributed by atoms with van der Waals surface area (Å²) in [6.07, 6.45) is 0.335. The highest BCUT2D eigenvalue weighted by Gasteiger charge is 2.16. The first-order valence-corrected chi connectivity index (χ1v) is 6.07. The van der Waals surface area contributed by atoms with Gasteiger partial charge in [-0.2, -0.15) is 0 Å². The number of para-hydroxylation sites is 1. The van der Waals surface area contributed by atoms with Crippen molar-refractivity contribution in [3.63, 3.8) is 0 Å². The number of halogens is 1. The van der Waals surface area contributed by atoms with Crippen LogP contribution in [0.2, 0.25) is 0 Å². The summed E-state index contributed by atoms with van der Waals surface area (Å²) in [5, 5.41) is 0. The second-order valence-electron chi connectivity index (χ2n) is 4.00. The van der Waals surface area contributed by atoms with Crippen LogP contribution < -0.4 is 4.74 Å². The van der Waals surface area contributed by atoms with E-state index in [1.54, 1.807) is 19.1 Å². The van der Waals surface area contributed by atoms with Crippen LogP contribution >= 0.6 is 11.6 Å². The van der Waals surface area contributed by atoms with Crippen molar-refractivity contribution in [3.05, 3.63) is 29.8 Å². The van der Waals surface area contributed by atoms with Crippen molar-refractivity contribution in [1.29, 1.82) is 0 Å². The maximum atomic E-state index is 12.0. The van der Waals surface area contributed by atoms with Crippen LogP contribution in [0, 0.1) is 0 Å². The van der Waals surface area contributed by atoms with Gasteiger partial charge in [0.2, 0.25) is 5.91 Å². The number of likely N-dealkylation sites (N-methyl/N-ethyl adjacent to an activating group) is 1. The van der Waals surface area contributed by atoms with Crippen LogP contribution in [0.1, 0.15) is 12.5 Å². The van der Waals surface area contributed by atoms with Crippen LogP contribution in [-0.2, 0) is 11.2 Å². The highest BCUT2D eigenvalue weighted by atomic mass is 35.5. The molecule has 0 aromatic heterocycles. The molecule has 0 fully saturated rings. The molecule has 1 atom stereocenters. The lowest BCUT2D eigenvalue weighted by Crippen LogP contribution is -2.37. The predicted octanol–water partition coefficient (Wildman–Crippen LogP) is 2.32. The van der Waals surface area contributed by atoms with Gasteiger partial charge in [-0.25, -0.2) is 0 Å². The van der Waals surface area contributed by atoms with Gasteiger partial charge in [-0.05, 0) is 13.0 Å². The normalized spacial score (nSPS) is 12.0. The van der Waals surface area contributed by atoms with E-state index in [1.807, 2.05) is 31.2 Å². The lowest BCUT2D eigenvalue weighted by atomic mass is 10.1. The van der Waals surface area contributed by atoms with Crippen LogP contribution in [0.25, 0.3) is 0 Å². The molecule has 1 unspecified atom stereocenters. The number of methoxy groups -OCH3 is 1. The lowest BCUT2D eigenvalue weighted by Gasteiger charge is -2.23. The van der Waals surface area contributed by atoms with Crippen molar-refractivity contribution in [1.82, 2.24) is 4.90 Å². The highest BCUT2D eigenvalue weighted by Crippen LogP contribution is 2.18. The molecule has 4 heteroatoms. The summed E-state index contributed by atoms with van der Waals surface area (Å²) in [5.41, 5.74) is 0.897. The predicted molar refractivity (Wildman–Crippen MR) is 69.7 cm³/mol. The molecule has 1 amide bonds. The van der Waals surface area contributed by atoms with Gasteiger partial charge in [-0.15, -0.1) is 11.6 Å². The number of nitrogens with zero attached hydrogens (tertiary/aromatic N) is 1. The van der Waals surface area contributed by atoms with Crippen molar-refractivity contribution >= 4 is 17.5 Å². The number of hydrogen-bond acceptors (Lipinski definition) is 2. The molecule has 0 heterocycles. The zero-order valence-corrected chi connectivity index (χ0v) is 11.2. The molecule has 3 nitrogen and oxygen atoms in total. The zero-order chi connectivity index (χ0) is 12.8. The van der Waals surface area contributed by atoms with Crippen LogP contribution in [0.15, 0.2) is 24.3 Å². The van der Waals surface area contributed by atoms with E-state index in [0.717, 1.165) is 11.3 Å². The molecule has 1 aromatic carbocycles. The molecule has 0 bridgehead atoms. The quantitative estimate of drug-likeness (QED) is 0.756. The first kappa shape index (κ1) is 13.8. The van der Waals surface area contributed by atoms with E-state index in [-0.39, 0.29) is 11.9 Å². The highest BCUT2D eigenvalue weighted by molar-refractivity contribution is 6.18. The molecule has 0 radical (unpaired) electrons. The Morgan fingerprint density at radius 2 is 2.12 bits per heavy atom. The standard InChI is InChI=1S/C13H18ClNO2/c1-10(9-14)15(2)13(16)8-11-6-4-5-7-12(11)17-3/h4-7,10H,8-9H2,1-3H3. The van der Waals surface area contributed by atoms with Crippen molar-refractivity contribution in [3.8, 4) is 5.75 Å². The minimum absolute atomic E-state index is 0.0406. The van der Waals surface area contributed by atoms with Gasteiger partial charge >= 0.3 is 0 Å². The van der Waals surface area contributed by atoms with Gasteiger partial charge in [-0.3, -0.25) is 4.79 Å².